The number of carbonyl (C=O) groups excluding carboxylic acids is 3. The van der Waals surface area contributed by atoms with E-state index in [2.05, 4.69) is 10.6 Å². The van der Waals surface area contributed by atoms with Gasteiger partial charge >= 0.3 is 6.03 Å². The van der Waals surface area contributed by atoms with Gasteiger partial charge in [-0.3, -0.25) is 14.5 Å². The number of rotatable bonds is 7. The van der Waals surface area contributed by atoms with Crippen LogP contribution in [0.25, 0.3) is 0 Å². The third-order valence-corrected chi connectivity index (χ3v) is 4.14. The predicted octanol–water partition coefficient (Wildman–Crippen LogP) is 1.86. The van der Waals surface area contributed by atoms with Gasteiger partial charge in [-0.05, 0) is 42.3 Å². The Morgan fingerprint density at radius 2 is 1.96 bits per heavy atom. The second-order valence-electron chi connectivity index (χ2n) is 6.26. The molecule has 0 aliphatic carbocycles. The van der Waals surface area contributed by atoms with Gasteiger partial charge in [-0.2, -0.15) is 0 Å². The van der Waals surface area contributed by atoms with Gasteiger partial charge in [0, 0.05) is 5.56 Å². The first-order chi connectivity index (χ1) is 13.0. The van der Waals surface area contributed by atoms with Crippen LogP contribution in [0.15, 0.2) is 48.5 Å². The minimum atomic E-state index is -0.393. The molecule has 2 aromatic carbocycles. The molecule has 1 aliphatic rings. The Morgan fingerprint density at radius 1 is 1.19 bits per heavy atom. The van der Waals surface area contributed by atoms with Crippen molar-refractivity contribution in [1.29, 1.82) is 0 Å². The van der Waals surface area contributed by atoms with E-state index in [0.717, 1.165) is 21.8 Å². The summed E-state index contributed by atoms with van der Waals surface area (Å²) in [5.74, 6) is 0.314. The van der Waals surface area contributed by atoms with Crippen LogP contribution in [0.4, 0.5) is 4.79 Å². The summed E-state index contributed by atoms with van der Waals surface area (Å²) in [6, 6.07) is 14.1. The van der Waals surface area contributed by atoms with Crippen LogP contribution in [0, 0.1) is 6.92 Å². The second-order valence-corrected chi connectivity index (χ2v) is 6.26. The lowest BCUT2D eigenvalue weighted by Crippen LogP contribution is -2.30. The number of nitrogens with one attached hydrogen (secondary N) is 2. The molecule has 7 nitrogen and oxygen atoms in total. The Labute approximate surface area is 157 Å². The standard InChI is InChI=1S/C20H21N3O4/c1-14-3-2-4-17(11-14)27-10-9-21-19(25)16-7-5-15(6-8-16)13-23-18(24)12-22-20(23)26/h2-8,11H,9-10,12-13H2,1H3,(H,21,25)(H,22,26). The molecule has 1 aliphatic heterocycles. The number of carbonyl (C=O) groups is 3. The molecule has 0 bridgehead atoms. The van der Waals surface area contributed by atoms with E-state index in [0.29, 0.717) is 18.7 Å². The average Bonchev–Trinajstić information content (AvgIpc) is 2.98. The van der Waals surface area contributed by atoms with Crippen molar-refractivity contribution in [2.45, 2.75) is 13.5 Å². The largest absolute Gasteiger partial charge is 0.492 e. The van der Waals surface area contributed by atoms with Crippen molar-refractivity contribution in [2.24, 2.45) is 0 Å². The van der Waals surface area contributed by atoms with Crippen molar-refractivity contribution < 1.29 is 19.1 Å². The normalized spacial score (nSPS) is 13.4. The fourth-order valence-corrected chi connectivity index (χ4v) is 2.70. The van der Waals surface area contributed by atoms with Crippen LogP contribution in [0.5, 0.6) is 5.75 Å². The van der Waals surface area contributed by atoms with E-state index in [9.17, 15) is 14.4 Å². The molecule has 0 radical (unpaired) electrons. The molecule has 1 heterocycles. The van der Waals surface area contributed by atoms with Gasteiger partial charge in [-0.1, -0.05) is 24.3 Å². The van der Waals surface area contributed by atoms with Crippen LogP contribution < -0.4 is 15.4 Å². The molecular weight excluding hydrogens is 346 g/mol. The van der Waals surface area contributed by atoms with E-state index >= 15 is 0 Å². The molecule has 0 atom stereocenters. The maximum Gasteiger partial charge on any atom is 0.324 e. The Morgan fingerprint density at radius 3 is 2.63 bits per heavy atom. The zero-order chi connectivity index (χ0) is 19.2. The van der Waals surface area contributed by atoms with Gasteiger partial charge in [0.1, 0.15) is 12.4 Å². The number of urea groups is 1. The number of ether oxygens (including phenoxy) is 1. The van der Waals surface area contributed by atoms with Crippen LogP contribution >= 0.6 is 0 Å². The van der Waals surface area contributed by atoms with Crippen LogP contribution in [0.1, 0.15) is 21.5 Å². The lowest BCUT2D eigenvalue weighted by atomic mass is 10.1. The highest BCUT2D eigenvalue weighted by molar-refractivity contribution is 6.01. The zero-order valence-corrected chi connectivity index (χ0v) is 15.0. The fraction of sp³-hybridized carbons (Fsp3) is 0.250. The molecule has 140 valence electrons. The number of amides is 4. The number of hydrogen-bond donors (Lipinski definition) is 2. The summed E-state index contributed by atoms with van der Waals surface area (Å²) in [5, 5.41) is 5.27. The highest BCUT2D eigenvalue weighted by Gasteiger charge is 2.28. The lowest BCUT2D eigenvalue weighted by molar-refractivity contribution is -0.125. The molecule has 0 aromatic heterocycles. The van der Waals surface area contributed by atoms with Gasteiger partial charge in [0.05, 0.1) is 19.6 Å². The summed E-state index contributed by atoms with van der Waals surface area (Å²) < 4.78 is 5.60. The number of imide groups is 1. The summed E-state index contributed by atoms with van der Waals surface area (Å²) in [7, 11) is 0. The van der Waals surface area contributed by atoms with Crippen molar-refractivity contribution in [3.8, 4) is 5.75 Å². The van der Waals surface area contributed by atoms with E-state index in [1.165, 1.54) is 0 Å². The third kappa shape index (κ3) is 4.84. The van der Waals surface area contributed by atoms with E-state index in [-0.39, 0.29) is 24.9 Å². The second kappa shape index (κ2) is 8.35. The SMILES string of the molecule is Cc1cccc(OCCNC(=O)c2ccc(CN3C(=O)CNC3=O)cc2)c1. The minimum Gasteiger partial charge on any atom is -0.492 e. The molecule has 1 fully saturated rings. The molecule has 1 saturated heterocycles. The molecule has 27 heavy (non-hydrogen) atoms. The lowest BCUT2D eigenvalue weighted by Gasteiger charge is -2.12. The summed E-state index contributed by atoms with van der Waals surface area (Å²) in [4.78, 5) is 36.5. The van der Waals surface area contributed by atoms with E-state index in [4.69, 9.17) is 4.74 Å². The Bertz CT molecular complexity index is 833. The molecule has 0 saturated carbocycles. The molecular formula is C20H21N3O4. The number of aryl methyl sites for hydroxylation is 1. The highest BCUT2D eigenvalue weighted by atomic mass is 16.5. The van der Waals surface area contributed by atoms with E-state index < -0.39 is 6.03 Å². The highest BCUT2D eigenvalue weighted by Crippen LogP contribution is 2.12. The van der Waals surface area contributed by atoms with Gasteiger partial charge in [0.2, 0.25) is 5.91 Å². The molecule has 3 rings (SSSR count). The minimum absolute atomic E-state index is 0.0317. The first-order valence-electron chi connectivity index (χ1n) is 8.68. The molecule has 4 amide bonds. The molecule has 7 heteroatoms. The molecule has 0 spiro atoms. The summed E-state index contributed by atoms with van der Waals surface area (Å²) in [6.45, 7) is 2.97. The van der Waals surface area contributed by atoms with Gasteiger partial charge < -0.3 is 15.4 Å². The monoisotopic (exact) mass is 367 g/mol. The summed E-state index contributed by atoms with van der Waals surface area (Å²) in [5.41, 5.74) is 2.40. The van der Waals surface area contributed by atoms with Crippen LogP contribution in [0.3, 0.4) is 0 Å². The summed E-state index contributed by atoms with van der Waals surface area (Å²) in [6.07, 6.45) is 0. The zero-order valence-electron chi connectivity index (χ0n) is 15.0. The number of benzene rings is 2. The first-order valence-corrected chi connectivity index (χ1v) is 8.68. The topological polar surface area (TPSA) is 87.7 Å². The smallest absolute Gasteiger partial charge is 0.324 e. The first kappa shape index (κ1) is 18.4. The van der Waals surface area contributed by atoms with E-state index in [1.807, 2.05) is 31.2 Å². The maximum atomic E-state index is 12.2. The van der Waals surface area contributed by atoms with Crippen molar-refractivity contribution in [1.82, 2.24) is 15.5 Å². The number of nitrogens with zero attached hydrogens (tertiary/aromatic N) is 1. The van der Waals surface area contributed by atoms with Crippen molar-refractivity contribution in [3.63, 3.8) is 0 Å². The van der Waals surface area contributed by atoms with Gasteiger partial charge in [0.25, 0.3) is 5.91 Å². The molecule has 2 aromatic rings. The van der Waals surface area contributed by atoms with Crippen molar-refractivity contribution in [2.75, 3.05) is 19.7 Å². The van der Waals surface area contributed by atoms with Crippen LogP contribution in [0.2, 0.25) is 0 Å². The van der Waals surface area contributed by atoms with Crippen LogP contribution in [-0.4, -0.2) is 42.4 Å². The molecule has 0 unspecified atom stereocenters. The van der Waals surface area contributed by atoms with Gasteiger partial charge in [-0.25, -0.2) is 4.79 Å². The Kier molecular flexibility index (Phi) is 5.71. The van der Waals surface area contributed by atoms with Gasteiger partial charge in [0.15, 0.2) is 0 Å². The maximum absolute atomic E-state index is 12.2. The molecule has 2 N–H and O–H groups in total. The van der Waals surface area contributed by atoms with Crippen molar-refractivity contribution in [3.05, 3.63) is 65.2 Å². The van der Waals surface area contributed by atoms with Crippen molar-refractivity contribution >= 4 is 17.8 Å². The average molecular weight is 367 g/mol. The fourth-order valence-electron chi connectivity index (χ4n) is 2.70. The number of hydrogen-bond acceptors (Lipinski definition) is 4. The quantitative estimate of drug-likeness (QED) is 0.578. The van der Waals surface area contributed by atoms with E-state index in [1.54, 1.807) is 24.3 Å². The third-order valence-electron chi connectivity index (χ3n) is 4.14. The predicted molar refractivity (Wildman–Crippen MR) is 99.4 cm³/mol. The summed E-state index contributed by atoms with van der Waals surface area (Å²) >= 11 is 0. The van der Waals surface area contributed by atoms with Crippen LogP contribution in [-0.2, 0) is 11.3 Å². The Balaban J connectivity index is 1.46. The Hall–Kier alpha value is -3.35. The van der Waals surface area contributed by atoms with Gasteiger partial charge in [-0.15, -0.1) is 0 Å².